The van der Waals surface area contributed by atoms with E-state index in [2.05, 4.69) is 15.3 Å². The van der Waals surface area contributed by atoms with Gasteiger partial charge in [0, 0.05) is 7.05 Å². The minimum Gasteiger partial charge on any atom is -0.283 e. The number of hydrogen-bond acceptors (Lipinski definition) is 5. The van der Waals surface area contributed by atoms with Crippen LogP contribution in [0.4, 0.5) is 15.8 Å². The second-order valence-electron chi connectivity index (χ2n) is 6.90. The van der Waals surface area contributed by atoms with Crippen LogP contribution in [0, 0.1) is 12.7 Å². The van der Waals surface area contributed by atoms with Gasteiger partial charge in [0.15, 0.2) is 11.7 Å². The average molecular weight is 406 g/mol. The van der Waals surface area contributed by atoms with Crippen LogP contribution in [0.5, 0.6) is 0 Å². The summed E-state index contributed by atoms with van der Waals surface area (Å²) in [6.07, 6.45) is 0. The molecule has 1 aliphatic rings. The highest BCUT2D eigenvalue weighted by molar-refractivity contribution is 6.18. The molecule has 2 heterocycles. The smallest absolute Gasteiger partial charge is 0.283 e. The maximum absolute atomic E-state index is 13.2. The summed E-state index contributed by atoms with van der Waals surface area (Å²) < 4.78 is 16.3. The molecule has 4 rings (SSSR count). The Hall–Kier alpha value is -3.88. The van der Waals surface area contributed by atoms with Gasteiger partial charge in [0.25, 0.3) is 11.5 Å². The van der Waals surface area contributed by atoms with E-state index < -0.39 is 17.8 Å². The fourth-order valence-electron chi connectivity index (χ4n) is 3.24. The van der Waals surface area contributed by atoms with E-state index in [0.29, 0.717) is 22.8 Å². The summed E-state index contributed by atoms with van der Waals surface area (Å²) in [5, 5.41) is 13.6. The molecule has 2 aromatic carbocycles. The van der Waals surface area contributed by atoms with Gasteiger partial charge in [0.05, 0.1) is 22.8 Å². The molecule has 0 bridgehead atoms. The molecule has 1 unspecified atom stereocenters. The van der Waals surface area contributed by atoms with Crippen molar-refractivity contribution in [3.05, 3.63) is 76.5 Å². The Morgan fingerprint density at radius 1 is 0.967 bits per heavy atom. The first kappa shape index (κ1) is 19.4. The molecule has 9 heteroatoms. The molecular formula is C21H19FN6O2. The summed E-state index contributed by atoms with van der Waals surface area (Å²) >= 11 is 0. The minimum absolute atomic E-state index is 0.155. The number of hydrogen-bond donors (Lipinski definition) is 0. The lowest BCUT2D eigenvalue weighted by Gasteiger charge is -2.12. The van der Waals surface area contributed by atoms with E-state index in [1.54, 1.807) is 25.6 Å². The average Bonchev–Trinajstić information content (AvgIpc) is 3.14. The largest absolute Gasteiger partial charge is 0.299 e. The number of azo groups is 1. The van der Waals surface area contributed by atoms with Crippen LogP contribution in [-0.2, 0) is 11.8 Å². The number of halogens is 1. The molecule has 1 atom stereocenters. The van der Waals surface area contributed by atoms with Crippen molar-refractivity contribution in [2.45, 2.75) is 19.9 Å². The first-order valence-electron chi connectivity index (χ1n) is 9.28. The van der Waals surface area contributed by atoms with Crippen molar-refractivity contribution in [2.24, 2.45) is 22.4 Å². The fourth-order valence-corrected chi connectivity index (χ4v) is 3.24. The molecule has 0 fully saturated rings. The van der Waals surface area contributed by atoms with Crippen LogP contribution >= 0.6 is 0 Å². The standard InChI is InChI=1S/C21H19FN6O2/c1-13-18(20(29)27(25-13)16-11-9-15(22)10-12-16)23-24-19-14(2)26(3)28(21(19)30)17-7-5-4-6-8-17/h4-12,18H,1-3H3. The molecule has 0 N–H and O–H groups in total. The lowest BCUT2D eigenvalue weighted by Crippen LogP contribution is -2.29. The van der Waals surface area contributed by atoms with E-state index in [-0.39, 0.29) is 11.2 Å². The summed E-state index contributed by atoms with van der Waals surface area (Å²) in [6, 6.07) is 13.7. The van der Waals surface area contributed by atoms with Crippen LogP contribution < -0.4 is 10.6 Å². The van der Waals surface area contributed by atoms with Crippen LogP contribution in [0.15, 0.2) is 74.7 Å². The monoisotopic (exact) mass is 406 g/mol. The van der Waals surface area contributed by atoms with Crippen LogP contribution in [0.25, 0.3) is 5.69 Å². The van der Waals surface area contributed by atoms with Crippen LogP contribution in [0.2, 0.25) is 0 Å². The van der Waals surface area contributed by atoms with Gasteiger partial charge in [-0.3, -0.25) is 14.3 Å². The van der Waals surface area contributed by atoms with E-state index in [4.69, 9.17) is 0 Å². The van der Waals surface area contributed by atoms with Crippen molar-refractivity contribution in [1.29, 1.82) is 0 Å². The zero-order chi connectivity index (χ0) is 21.4. The molecule has 1 aromatic heterocycles. The molecule has 1 aliphatic heterocycles. The molecule has 0 spiro atoms. The molecule has 0 aliphatic carbocycles. The van der Waals surface area contributed by atoms with Crippen LogP contribution in [0.3, 0.4) is 0 Å². The first-order valence-corrected chi connectivity index (χ1v) is 9.28. The highest BCUT2D eigenvalue weighted by Crippen LogP contribution is 2.24. The topological polar surface area (TPSA) is 84.3 Å². The van der Waals surface area contributed by atoms with Gasteiger partial charge >= 0.3 is 0 Å². The number of nitrogens with zero attached hydrogens (tertiary/aromatic N) is 6. The third-order valence-electron chi connectivity index (χ3n) is 4.96. The van der Waals surface area contributed by atoms with Gasteiger partial charge in [0.2, 0.25) is 0 Å². The highest BCUT2D eigenvalue weighted by Gasteiger charge is 2.35. The van der Waals surface area contributed by atoms with Crippen molar-refractivity contribution >= 4 is 23.0 Å². The Kier molecular flexibility index (Phi) is 4.86. The van der Waals surface area contributed by atoms with Crippen molar-refractivity contribution in [3.8, 4) is 5.69 Å². The Labute approximate surface area is 171 Å². The van der Waals surface area contributed by atoms with Gasteiger partial charge in [-0.25, -0.2) is 9.07 Å². The molecule has 0 saturated heterocycles. The normalized spacial score (nSPS) is 16.5. The zero-order valence-electron chi connectivity index (χ0n) is 16.7. The highest BCUT2D eigenvalue weighted by atomic mass is 19.1. The van der Waals surface area contributed by atoms with Crippen molar-refractivity contribution in [3.63, 3.8) is 0 Å². The van der Waals surface area contributed by atoms with E-state index in [9.17, 15) is 14.0 Å². The van der Waals surface area contributed by atoms with E-state index in [0.717, 1.165) is 0 Å². The summed E-state index contributed by atoms with van der Waals surface area (Å²) in [5.74, 6) is -0.823. The number of rotatable bonds is 4. The predicted octanol–water partition coefficient (Wildman–Crippen LogP) is 3.50. The minimum atomic E-state index is -0.945. The maximum Gasteiger partial charge on any atom is 0.299 e. The third kappa shape index (κ3) is 3.24. The lowest BCUT2D eigenvalue weighted by atomic mass is 10.2. The van der Waals surface area contributed by atoms with Gasteiger partial charge in [0.1, 0.15) is 5.82 Å². The van der Waals surface area contributed by atoms with Gasteiger partial charge in [-0.2, -0.15) is 15.2 Å². The Morgan fingerprint density at radius 3 is 2.30 bits per heavy atom. The molecule has 30 heavy (non-hydrogen) atoms. The van der Waals surface area contributed by atoms with E-state index >= 15 is 0 Å². The van der Waals surface area contributed by atoms with Crippen molar-refractivity contribution < 1.29 is 9.18 Å². The van der Waals surface area contributed by atoms with Crippen LogP contribution in [-0.4, -0.2) is 27.0 Å². The van der Waals surface area contributed by atoms with Gasteiger partial charge in [-0.05, 0) is 50.2 Å². The molecule has 0 saturated carbocycles. The van der Waals surface area contributed by atoms with E-state index in [1.165, 1.54) is 34.0 Å². The van der Waals surface area contributed by atoms with Crippen LogP contribution in [0.1, 0.15) is 12.6 Å². The fraction of sp³-hybridized carbons (Fsp3) is 0.190. The third-order valence-corrected chi connectivity index (χ3v) is 4.96. The second-order valence-corrected chi connectivity index (χ2v) is 6.90. The molecular weight excluding hydrogens is 387 g/mol. The summed E-state index contributed by atoms with van der Waals surface area (Å²) in [4.78, 5) is 25.7. The summed E-state index contributed by atoms with van der Waals surface area (Å²) in [6.45, 7) is 3.42. The number of anilines is 1. The second kappa shape index (κ2) is 7.51. The number of hydrazone groups is 1. The Morgan fingerprint density at radius 2 is 1.63 bits per heavy atom. The van der Waals surface area contributed by atoms with Crippen molar-refractivity contribution in [2.75, 3.05) is 5.01 Å². The Bertz CT molecular complexity index is 1220. The lowest BCUT2D eigenvalue weighted by molar-refractivity contribution is -0.117. The van der Waals surface area contributed by atoms with Gasteiger partial charge < -0.3 is 0 Å². The number of para-hydroxylation sites is 1. The van der Waals surface area contributed by atoms with Crippen molar-refractivity contribution in [1.82, 2.24) is 9.36 Å². The summed E-state index contributed by atoms with van der Waals surface area (Å²) in [5.41, 5.74) is 2.00. The SMILES string of the molecule is CC1=NN(c2ccc(F)cc2)C(=O)C1N=Nc1c(C)n(C)n(-c2ccccc2)c1=O. The number of benzene rings is 2. The molecule has 152 valence electrons. The first-order chi connectivity index (χ1) is 14.4. The number of carbonyl (C=O) groups is 1. The van der Waals surface area contributed by atoms with Gasteiger partial charge in [-0.15, -0.1) is 5.11 Å². The number of carbonyl (C=O) groups excluding carboxylic acids is 1. The molecule has 0 radical (unpaired) electrons. The van der Waals surface area contributed by atoms with E-state index in [1.807, 2.05) is 30.3 Å². The molecule has 8 nitrogen and oxygen atoms in total. The predicted molar refractivity (Wildman–Crippen MR) is 111 cm³/mol. The molecule has 3 aromatic rings. The quantitative estimate of drug-likeness (QED) is 0.621. The number of amides is 1. The summed E-state index contributed by atoms with van der Waals surface area (Å²) in [7, 11) is 1.76. The Balaban J connectivity index is 1.65. The zero-order valence-corrected chi connectivity index (χ0v) is 16.7. The molecule has 1 amide bonds. The maximum atomic E-state index is 13.2. The number of aromatic nitrogens is 2. The van der Waals surface area contributed by atoms with Gasteiger partial charge in [-0.1, -0.05) is 18.2 Å².